The Morgan fingerprint density at radius 1 is 1.00 bits per heavy atom. The molecular formula is C25H22ClNO2S. The summed E-state index contributed by atoms with van der Waals surface area (Å²) in [6.07, 6.45) is 0. The van der Waals surface area contributed by atoms with Gasteiger partial charge in [0.15, 0.2) is 0 Å². The minimum absolute atomic E-state index is 0.196. The molecule has 3 aromatic carbocycles. The van der Waals surface area contributed by atoms with Crippen LogP contribution in [-0.4, -0.2) is 17.1 Å². The standard InChI is InChI=1S/C25H22ClNO2S/c1-3-29-24(28)16-27-17(2)25(30-21-12-10-20(26)11-13-21)22-15-19(9-14-23(22)27)18-7-5-4-6-8-18/h4-15H,3,16H2,1-2H3. The molecule has 0 aliphatic carbocycles. The van der Waals surface area contributed by atoms with E-state index in [1.54, 1.807) is 11.8 Å². The largest absolute Gasteiger partial charge is 0.465 e. The van der Waals surface area contributed by atoms with Crippen molar-refractivity contribution < 1.29 is 9.53 Å². The van der Waals surface area contributed by atoms with Gasteiger partial charge >= 0.3 is 5.97 Å². The second-order valence-corrected chi connectivity index (χ2v) is 8.48. The maximum absolute atomic E-state index is 12.2. The van der Waals surface area contributed by atoms with Crippen molar-refractivity contribution in [1.29, 1.82) is 0 Å². The Hall–Kier alpha value is -2.69. The Bertz CT molecular complexity index is 1180. The molecule has 30 heavy (non-hydrogen) atoms. The number of carbonyl (C=O) groups is 1. The second kappa shape index (κ2) is 8.99. The third-order valence-corrected chi connectivity index (χ3v) is 6.48. The van der Waals surface area contributed by atoms with Gasteiger partial charge in [-0.15, -0.1) is 0 Å². The van der Waals surface area contributed by atoms with Crippen LogP contribution in [0.2, 0.25) is 5.02 Å². The van der Waals surface area contributed by atoms with Crippen LogP contribution >= 0.6 is 23.4 Å². The van der Waals surface area contributed by atoms with E-state index in [1.165, 1.54) is 0 Å². The molecule has 0 atom stereocenters. The minimum Gasteiger partial charge on any atom is -0.465 e. The summed E-state index contributed by atoms with van der Waals surface area (Å²) >= 11 is 7.74. The quantitative estimate of drug-likeness (QED) is 0.306. The molecule has 0 N–H and O–H groups in total. The summed E-state index contributed by atoms with van der Waals surface area (Å²) in [5, 5.41) is 1.84. The second-order valence-electron chi connectivity index (χ2n) is 6.96. The zero-order valence-corrected chi connectivity index (χ0v) is 18.5. The lowest BCUT2D eigenvalue weighted by Gasteiger charge is -2.08. The molecule has 0 saturated heterocycles. The van der Waals surface area contributed by atoms with Crippen molar-refractivity contribution in [1.82, 2.24) is 4.57 Å². The van der Waals surface area contributed by atoms with Crippen LogP contribution in [0.15, 0.2) is 82.6 Å². The third-order valence-electron chi connectivity index (χ3n) is 5.00. The first-order chi connectivity index (χ1) is 14.6. The molecule has 0 bridgehead atoms. The van der Waals surface area contributed by atoms with Crippen molar-refractivity contribution in [2.75, 3.05) is 6.61 Å². The predicted molar refractivity (Wildman–Crippen MR) is 124 cm³/mol. The van der Waals surface area contributed by atoms with Crippen LogP contribution in [0, 0.1) is 6.92 Å². The minimum atomic E-state index is -0.229. The van der Waals surface area contributed by atoms with Crippen molar-refractivity contribution >= 4 is 40.2 Å². The number of rotatable bonds is 6. The van der Waals surface area contributed by atoms with Crippen molar-refractivity contribution in [2.24, 2.45) is 0 Å². The molecule has 1 heterocycles. The van der Waals surface area contributed by atoms with Gasteiger partial charge in [0.25, 0.3) is 0 Å². The molecule has 0 saturated carbocycles. The smallest absolute Gasteiger partial charge is 0.325 e. The van der Waals surface area contributed by atoms with Crippen LogP contribution in [-0.2, 0) is 16.1 Å². The first kappa shape index (κ1) is 20.6. The molecule has 152 valence electrons. The number of hydrogen-bond donors (Lipinski definition) is 0. The Balaban J connectivity index is 1.84. The number of fused-ring (bicyclic) bond motifs is 1. The maximum Gasteiger partial charge on any atom is 0.325 e. The van der Waals surface area contributed by atoms with Crippen LogP contribution < -0.4 is 0 Å². The van der Waals surface area contributed by atoms with Crippen LogP contribution in [0.5, 0.6) is 0 Å². The van der Waals surface area contributed by atoms with Gasteiger partial charge in [0.05, 0.1) is 6.61 Å². The number of carbonyl (C=O) groups excluding carboxylic acids is 1. The molecule has 0 spiro atoms. The zero-order valence-electron chi connectivity index (χ0n) is 16.9. The van der Waals surface area contributed by atoms with E-state index in [2.05, 4.69) is 37.3 Å². The van der Waals surface area contributed by atoms with Crippen molar-refractivity contribution in [3.63, 3.8) is 0 Å². The van der Waals surface area contributed by atoms with Crippen molar-refractivity contribution in [2.45, 2.75) is 30.2 Å². The molecule has 0 aliphatic rings. The first-order valence-corrected chi connectivity index (χ1v) is 11.0. The highest BCUT2D eigenvalue weighted by molar-refractivity contribution is 7.99. The highest BCUT2D eigenvalue weighted by atomic mass is 35.5. The van der Waals surface area contributed by atoms with E-state index in [0.717, 1.165) is 37.5 Å². The van der Waals surface area contributed by atoms with Gasteiger partial charge in [-0.05, 0) is 61.4 Å². The van der Waals surface area contributed by atoms with Gasteiger partial charge in [-0.3, -0.25) is 4.79 Å². The summed E-state index contributed by atoms with van der Waals surface area (Å²) in [6.45, 7) is 4.45. The summed E-state index contributed by atoms with van der Waals surface area (Å²) in [5.41, 5.74) is 4.38. The topological polar surface area (TPSA) is 31.2 Å². The Morgan fingerprint density at radius 2 is 1.73 bits per heavy atom. The summed E-state index contributed by atoms with van der Waals surface area (Å²) < 4.78 is 7.24. The zero-order chi connectivity index (χ0) is 21.1. The molecular weight excluding hydrogens is 414 g/mol. The van der Waals surface area contributed by atoms with E-state index in [1.807, 2.05) is 54.0 Å². The lowest BCUT2D eigenvalue weighted by atomic mass is 10.0. The van der Waals surface area contributed by atoms with Gasteiger partial charge in [-0.25, -0.2) is 0 Å². The normalized spacial score (nSPS) is 11.0. The fourth-order valence-electron chi connectivity index (χ4n) is 3.55. The van der Waals surface area contributed by atoms with E-state index in [4.69, 9.17) is 16.3 Å². The molecule has 0 aliphatic heterocycles. The predicted octanol–water partition coefficient (Wildman–Crippen LogP) is 6.98. The number of nitrogens with zero attached hydrogens (tertiary/aromatic N) is 1. The Morgan fingerprint density at radius 3 is 2.43 bits per heavy atom. The summed E-state index contributed by atoms with van der Waals surface area (Å²) in [6, 6.07) is 24.5. The molecule has 0 unspecified atom stereocenters. The van der Waals surface area contributed by atoms with E-state index >= 15 is 0 Å². The lowest BCUT2D eigenvalue weighted by Crippen LogP contribution is -2.14. The number of esters is 1. The number of benzene rings is 3. The van der Waals surface area contributed by atoms with Gasteiger partial charge in [0, 0.05) is 31.4 Å². The molecule has 4 rings (SSSR count). The average molecular weight is 436 g/mol. The average Bonchev–Trinajstić information content (AvgIpc) is 3.01. The van der Waals surface area contributed by atoms with Gasteiger partial charge in [0.2, 0.25) is 0 Å². The highest BCUT2D eigenvalue weighted by Gasteiger charge is 2.18. The number of hydrogen-bond acceptors (Lipinski definition) is 3. The van der Waals surface area contributed by atoms with E-state index in [-0.39, 0.29) is 12.5 Å². The molecule has 1 aromatic heterocycles. The summed E-state index contributed by atoms with van der Waals surface area (Å²) in [5.74, 6) is -0.229. The van der Waals surface area contributed by atoms with E-state index in [0.29, 0.717) is 11.6 Å². The van der Waals surface area contributed by atoms with Crippen LogP contribution in [0.4, 0.5) is 0 Å². The fraction of sp³-hybridized carbons (Fsp3) is 0.160. The number of ether oxygens (including phenoxy) is 1. The molecule has 4 aromatic rings. The summed E-state index contributed by atoms with van der Waals surface area (Å²) in [7, 11) is 0. The fourth-order valence-corrected chi connectivity index (χ4v) is 4.72. The highest BCUT2D eigenvalue weighted by Crippen LogP contribution is 2.40. The number of aromatic nitrogens is 1. The maximum atomic E-state index is 12.2. The van der Waals surface area contributed by atoms with E-state index in [9.17, 15) is 4.79 Å². The molecule has 3 nitrogen and oxygen atoms in total. The Labute approximate surface area is 185 Å². The molecule has 0 amide bonds. The van der Waals surface area contributed by atoms with E-state index < -0.39 is 0 Å². The molecule has 0 radical (unpaired) electrons. The van der Waals surface area contributed by atoms with Gasteiger partial charge in [-0.2, -0.15) is 0 Å². The van der Waals surface area contributed by atoms with Crippen LogP contribution in [0.3, 0.4) is 0 Å². The third kappa shape index (κ3) is 4.25. The van der Waals surface area contributed by atoms with Gasteiger partial charge in [-0.1, -0.05) is 59.8 Å². The van der Waals surface area contributed by atoms with Crippen LogP contribution in [0.1, 0.15) is 12.6 Å². The van der Waals surface area contributed by atoms with Crippen molar-refractivity contribution in [3.8, 4) is 11.1 Å². The van der Waals surface area contributed by atoms with Gasteiger partial charge < -0.3 is 9.30 Å². The monoisotopic (exact) mass is 435 g/mol. The van der Waals surface area contributed by atoms with Crippen LogP contribution in [0.25, 0.3) is 22.0 Å². The lowest BCUT2D eigenvalue weighted by molar-refractivity contribution is -0.143. The summed E-state index contributed by atoms with van der Waals surface area (Å²) in [4.78, 5) is 14.5. The van der Waals surface area contributed by atoms with Gasteiger partial charge in [0.1, 0.15) is 6.54 Å². The molecule has 5 heteroatoms. The first-order valence-electron chi connectivity index (χ1n) is 9.84. The Kier molecular flexibility index (Phi) is 6.16. The number of halogens is 1. The SMILES string of the molecule is CCOC(=O)Cn1c(C)c(Sc2ccc(Cl)cc2)c2cc(-c3ccccc3)ccc21. The molecule has 0 fully saturated rings. The van der Waals surface area contributed by atoms with Crippen molar-refractivity contribution in [3.05, 3.63) is 83.5 Å².